The number of hydrogen-bond donors (Lipinski definition) is 3. The molecule has 0 aromatic carbocycles. The second-order valence-corrected chi connectivity index (χ2v) is 6.08. The van der Waals surface area contributed by atoms with Crippen LogP contribution in [0.15, 0.2) is 12.4 Å². The average Bonchev–Trinajstić information content (AvgIpc) is 2.79. The van der Waals surface area contributed by atoms with Crippen LogP contribution in [0.5, 0.6) is 0 Å². The van der Waals surface area contributed by atoms with Gasteiger partial charge in [0.05, 0.1) is 5.69 Å². The molecule has 0 bridgehead atoms. The van der Waals surface area contributed by atoms with E-state index in [1.54, 1.807) is 12.4 Å². The van der Waals surface area contributed by atoms with E-state index in [0.29, 0.717) is 20.9 Å². The number of nitrogen functional groups attached to an aromatic ring is 1. The molecular formula is C13H17N5OS. The van der Waals surface area contributed by atoms with Crippen molar-refractivity contribution in [3.63, 3.8) is 0 Å². The van der Waals surface area contributed by atoms with E-state index < -0.39 is 0 Å². The van der Waals surface area contributed by atoms with Crippen molar-refractivity contribution in [1.82, 2.24) is 15.3 Å². The Morgan fingerprint density at radius 2 is 2.05 bits per heavy atom. The molecule has 1 amide bonds. The van der Waals surface area contributed by atoms with E-state index >= 15 is 0 Å². The van der Waals surface area contributed by atoms with Gasteiger partial charge in [-0.05, 0) is 12.8 Å². The van der Waals surface area contributed by atoms with Crippen LogP contribution in [0.25, 0.3) is 10.3 Å². The Hall–Kier alpha value is -1.73. The Balaban J connectivity index is 1.83. The van der Waals surface area contributed by atoms with Gasteiger partial charge in [-0.15, -0.1) is 11.3 Å². The topological polar surface area (TPSA) is 107 Å². The van der Waals surface area contributed by atoms with E-state index in [2.05, 4.69) is 15.3 Å². The van der Waals surface area contributed by atoms with Crippen LogP contribution in [-0.4, -0.2) is 28.0 Å². The monoisotopic (exact) mass is 291 g/mol. The zero-order valence-corrected chi connectivity index (χ0v) is 11.8. The molecular weight excluding hydrogens is 274 g/mol. The number of hydrogen-bond acceptors (Lipinski definition) is 6. The normalized spacial score (nSPS) is 22.9. The number of amides is 1. The summed E-state index contributed by atoms with van der Waals surface area (Å²) in [6.45, 7) is 0. The number of fused-ring (bicyclic) bond motifs is 1. The number of carbonyl (C=O) groups is 1. The molecule has 2 aromatic rings. The number of thiophene rings is 1. The fraction of sp³-hybridized carbons (Fsp3) is 0.462. The van der Waals surface area contributed by atoms with Gasteiger partial charge in [0.1, 0.15) is 15.2 Å². The molecule has 2 unspecified atom stereocenters. The smallest absolute Gasteiger partial charge is 0.263 e. The molecule has 2 heterocycles. The predicted octanol–water partition coefficient (Wildman–Crippen LogP) is 1.27. The van der Waals surface area contributed by atoms with Gasteiger partial charge in [-0.1, -0.05) is 12.8 Å². The molecule has 2 aromatic heterocycles. The van der Waals surface area contributed by atoms with Crippen LogP contribution in [0, 0.1) is 0 Å². The van der Waals surface area contributed by atoms with E-state index in [4.69, 9.17) is 11.5 Å². The molecule has 3 rings (SSSR count). The Morgan fingerprint density at radius 3 is 2.80 bits per heavy atom. The number of aromatic nitrogens is 2. The zero-order chi connectivity index (χ0) is 14.1. The van der Waals surface area contributed by atoms with Gasteiger partial charge in [-0.2, -0.15) is 0 Å². The molecule has 1 aliphatic carbocycles. The maximum absolute atomic E-state index is 12.4. The maximum atomic E-state index is 12.4. The first-order valence-corrected chi connectivity index (χ1v) is 7.54. The summed E-state index contributed by atoms with van der Waals surface area (Å²) >= 11 is 1.27. The van der Waals surface area contributed by atoms with Gasteiger partial charge in [0, 0.05) is 24.5 Å². The lowest BCUT2D eigenvalue weighted by atomic mass is 9.91. The first-order valence-electron chi connectivity index (χ1n) is 6.72. The molecule has 1 fully saturated rings. The minimum atomic E-state index is -0.172. The molecule has 1 saturated carbocycles. The minimum absolute atomic E-state index is 0.0274. The van der Waals surface area contributed by atoms with Crippen LogP contribution in [-0.2, 0) is 0 Å². The molecule has 0 spiro atoms. The molecule has 0 radical (unpaired) electrons. The summed E-state index contributed by atoms with van der Waals surface area (Å²) in [5.74, 6) is -0.172. The lowest BCUT2D eigenvalue weighted by Gasteiger charge is -2.29. The summed E-state index contributed by atoms with van der Waals surface area (Å²) in [4.78, 5) is 21.9. The Labute approximate surface area is 120 Å². The Morgan fingerprint density at radius 1 is 1.30 bits per heavy atom. The molecule has 6 nitrogen and oxygen atoms in total. The van der Waals surface area contributed by atoms with Crippen molar-refractivity contribution in [1.29, 1.82) is 0 Å². The van der Waals surface area contributed by atoms with Crippen LogP contribution >= 0.6 is 11.3 Å². The molecule has 1 aliphatic rings. The van der Waals surface area contributed by atoms with Crippen LogP contribution < -0.4 is 16.8 Å². The quantitative estimate of drug-likeness (QED) is 0.772. The molecule has 0 aliphatic heterocycles. The third kappa shape index (κ3) is 2.34. The van der Waals surface area contributed by atoms with Crippen molar-refractivity contribution in [2.45, 2.75) is 37.8 Å². The largest absolute Gasteiger partial charge is 0.396 e. The third-order valence-electron chi connectivity index (χ3n) is 3.71. The number of nitrogens with one attached hydrogen (secondary N) is 1. The van der Waals surface area contributed by atoms with Crippen molar-refractivity contribution >= 4 is 33.3 Å². The molecule has 7 heteroatoms. The molecule has 0 saturated heterocycles. The van der Waals surface area contributed by atoms with Gasteiger partial charge in [0.25, 0.3) is 5.91 Å². The van der Waals surface area contributed by atoms with Crippen LogP contribution in [0.3, 0.4) is 0 Å². The summed E-state index contributed by atoms with van der Waals surface area (Å²) in [5, 5.41) is 3.00. The van der Waals surface area contributed by atoms with Crippen LogP contribution in [0.1, 0.15) is 35.4 Å². The van der Waals surface area contributed by atoms with Crippen LogP contribution in [0.4, 0.5) is 5.69 Å². The fourth-order valence-corrected chi connectivity index (χ4v) is 3.51. The first-order chi connectivity index (χ1) is 9.66. The number of carbonyl (C=O) groups excluding carboxylic acids is 1. The van der Waals surface area contributed by atoms with E-state index in [9.17, 15) is 4.79 Å². The van der Waals surface area contributed by atoms with Gasteiger partial charge in [-0.3, -0.25) is 4.79 Å². The highest BCUT2D eigenvalue weighted by atomic mass is 32.1. The summed E-state index contributed by atoms with van der Waals surface area (Å²) in [5.41, 5.74) is 13.0. The van der Waals surface area contributed by atoms with Crippen molar-refractivity contribution in [2.24, 2.45) is 5.73 Å². The Kier molecular flexibility index (Phi) is 3.54. The van der Waals surface area contributed by atoms with Gasteiger partial charge in [-0.25, -0.2) is 9.97 Å². The van der Waals surface area contributed by atoms with E-state index in [1.807, 2.05) is 0 Å². The summed E-state index contributed by atoms with van der Waals surface area (Å²) in [7, 11) is 0. The molecule has 20 heavy (non-hydrogen) atoms. The van der Waals surface area contributed by atoms with Crippen LogP contribution in [0.2, 0.25) is 0 Å². The summed E-state index contributed by atoms with van der Waals surface area (Å²) in [6.07, 6.45) is 7.28. The number of rotatable bonds is 2. The van der Waals surface area contributed by atoms with E-state index in [-0.39, 0.29) is 18.0 Å². The first kappa shape index (κ1) is 13.3. The zero-order valence-electron chi connectivity index (χ0n) is 11.0. The van der Waals surface area contributed by atoms with Crippen molar-refractivity contribution in [3.8, 4) is 0 Å². The van der Waals surface area contributed by atoms with Crippen molar-refractivity contribution in [2.75, 3.05) is 5.73 Å². The highest BCUT2D eigenvalue weighted by Crippen LogP contribution is 2.30. The summed E-state index contributed by atoms with van der Waals surface area (Å²) in [6, 6.07) is 0.0568. The molecule has 106 valence electrons. The highest BCUT2D eigenvalue weighted by molar-refractivity contribution is 7.21. The second kappa shape index (κ2) is 5.34. The lowest BCUT2D eigenvalue weighted by Crippen LogP contribution is -2.49. The van der Waals surface area contributed by atoms with Gasteiger partial charge in [0.15, 0.2) is 0 Å². The van der Waals surface area contributed by atoms with Crippen molar-refractivity contribution in [3.05, 3.63) is 17.3 Å². The maximum Gasteiger partial charge on any atom is 0.263 e. The summed E-state index contributed by atoms with van der Waals surface area (Å²) < 4.78 is 0. The lowest BCUT2D eigenvalue weighted by molar-refractivity contribution is 0.0926. The van der Waals surface area contributed by atoms with Gasteiger partial charge in [0.2, 0.25) is 0 Å². The van der Waals surface area contributed by atoms with Gasteiger partial charge < -0.3 is 16.8 Å². The van der Waals surface area contributed by atoms with Crippen molar-refractivity contribution < 1.29 is 4.79 Å². The van der Waals surface area contributed by atoms with E-state index in [1.165, 1.54) is 11.3 Å². The molecule has 2 atom stereocenters. The number of nitrogens with zero attached hydrogens (tertiary/aromatic N) is 2. The Bertz CT molecular complexity index is 641. The standard InChI is InChI=1S/C13H17N5OS/c14-7-3-1-2-4-8(7)18-12(19)11-9(15)10-13(20-11)17-6-5-16-10/h5-8H,1-4,14-15H2,(H,18,19). The number of anilines is 1. The van der Waals surface area contributed by atoms with E-state index in [0.717, 1.165) is 25.7 Å². The predicted molar refractivity (Wildman–Crippen MR) is 79.5 cm³/mol. The second-order valence-electron chi connectivity index (χ2n) is 5.08. The molecule has 5 N–H and O–H groups in total. The number of nitrogens with two attached hydrogens (primary N) is 2. The minimum Gasteiger partial charge on any atom is -0.396 e. The SMILES string of the molecule is Nc1c(C(=O)NC2CCCCC2N)sc2nccnc12. The highest BCUT2D eigenvalue weighted by Gasteiger charge is 2.26. The van der Waals surface area contributed by atoms with Gasteiger partial charge >= 0.3 is 0 Å². The average molecular weight is 291 g/mol. The fourth-order valence-electron chi connectivity index (χ4n) is 2.59. The third-order valence-corrected chi connectivity index (χ3v) is 4.81.